The normalized spacial score (nSPS) is 16.4. The van der Waals surface area contributed by atoms with Crippen LogP contribution in [0.4, 0.5) is 0 Å². The van der Waals surface area contributed by atoms with Gasteiger partial charge in [-0.25, -0.2) is 0 Å². The van der Waals surface area contributed by atoms with Crippen molar-refractivity contribution >= 4 is 57.2 Å². The molecule has 0 bridgehead atoms. The van der Waals surface area contributed by atoms with Gasteiger partial charge in [0, 0.05) is 17.5 Å². The quantitative estimate of drug-likeness (QED) is 0.603. The summed E-state index contributed by atoms with van der Waals surface area (Å²) in [7, 11) is 0. The van der Waals surface area contributed by atoms with Crippen LogP contribution in [0.15, 0.2) is 23.6 Å². The molecule has 1 aliphatic rings. The molecule has 21 heavy (non-hydrogen) atoms. The van der Waals surface area contributed by atoms with Crippen LogP contribution in [0.2, 0.25) is 10.0 Å². The number of rotatable bonds is 3. The Balaban J connectivity index is 2.06. The number of carbonyl (C=O) groups excluding carboxylic acids is 2. The molecule has 1 aliphatic heterocycles. The Hall–Kier alpha value is -1.07. The number of thiophene rings is 1. The summed E-state index contributed by atoms with van der Waals surface area (Å²) in [5.74, 6) is 0.115. The van der Waals surface area contributed by atoms with Gasteiger partial charge in [0.2, 0.25) is 5.78 Å². The van der Waals surface area contributed by atoms with Gasteiger partial charge in [0.25, 0.3) is 5.24 Å². The molecule has 2 aromatic rings. The molecule has 1 atom stereocenters. The molecule has 1 unspecified atom stereocenters. The lowest BCUT2D eigenvalue weighted by Crippen LogP contribution is -2.20. The zero-order valence-corrected chi connectivity index (χ0v) is 13.4. The number of hydrogen-bond donors (Lipinski definition) is 0. The van der Waals surface area contributed by atoms with E-state index in [1.807, 2.05) is 0 Å². The molecule has 1 aromatic heterocycles. The molecule has 0 saturated heterocycles. The van der Waals surface area contributed by atoms with Crippen LogP contribution in [0.1, 0.15) is 20.8 Å². The van der Waals surface area contributed by atoms with E-state index in [1.54, 1.807) is 23.6 Å². The standard InChI is InChI=1S/C14H7Cl3O3S/c15-10-7(12(18)9-2-1-3-21-9)4-6-5-8(14(17)19)20-13(6)11(10)16/h1-4,8H,5H2. The Morgan fingerprint density at radius 2 is 2.05 bits per heavy atom. The molecule has 108 valence electrons. The summed E-state index contributed by atoms with van der Waals surface area (Å²) >= 11 is 19.1. The minimum atomic E-state index is -0.790. The molecule has 0 amide bonds. The molecular formula is C14H7Cl3O3S. The molecule has 0 spiro atoms. The summed E-state index contributed by atoms with van der Waals surface area (Å²) in [6.45, 7) is 0. The van der Waals surface area contributed by atoms with Gasteiger partial charge in [0.15, 0.2) is 6.10 Å². The summed E-state index contributed by atoms with van der Waals surface area (Å²) in [6.07, 6.45) is -0.512. The SMILES string of the molecule is O=C(c1cccs1)c1cc2c(c(Cl)c1Cl)OC(C(=O)Cl)C2. The topological polar surface area (TPSA) is 43.4 Å². The number of carbonyl (C=O) groups is 2. The second-order valence-electron chi connectivity index (χ2n) is 4.46. The van der Waals surface area contributed by atoms with E-state index in [2.05, 4.69) is 0 Å². The number of ketones is 1. The zero-order chi connectivity index (χ0) is 15.1. The van der Waals surface area contributed by atoms with E-state index in [0.717, 1.165) is 0 Å². The Morgan fingerprint density at radius 1 is 1.29 bits per heavy atom. The average Bonchev–Trinajstić information content (AvgIpc) is 3.10. The summed E-state index contributed by atoms with van der Waals surface area (Å²) in [5, 5.41) is 1.46. The zero-order valence-electron chi connectivity index (χ0n) is 10.4. The van der Waals surface area contributed by atoms with Crippen LogP contribution in [0.25, 0.3) is 0 Å². The highest BCUT2D eigenvalue weighted by atomic mass is 35.5. The van der Waals surface area contributed by atoms with Crippen molar-refractivity contribution in [2.24, 2.45) is 0 Å². The number of hydrogen-bond acceptors (Lipinski definition) is 4. The first-order valence-electron chi connectivity index (χ1n) is 5.94. The molecule has 0 N–H and O–H groups in total. The average molecular weight is 362 g/mol. The minimum absolute atomic E-state index is 0.122. The molecule has 3 rings (SSSR count). The van der Waals surface area contributed by atoms with Gasteiger partial charge in [-0.15, -0.1) is 11.3 Å². The van der Waals surface area contributed by atoms with Crippen LogP contribution in [-0.2, 0) is 11.2 Å². The van der Waals surface area contributed by atoms with Gasteiger partial charge >= 0.3 is 0 Å². The number of benzene rings is 1. The summed E-state index contributed by atoms with van der Waals surface area (Å²) in [4.78, 5) is 24.2. The first-order chi connectivity index (χ1) is 9.99. The van der Waals surface area contributed by atoms with E-state index in [4.69, 9.17) is 39.5 Å². The lowest BCUT2D eigenvalue weighted by atomic mass is 10.0. The van der Waals surface area contributed by atoms with Gasteiger partial charge in [-0.1, -0.05) is 29.3 Å². The van der Waals surface area contributed by atoms with Gasteiger partial charge < -0.3 is 4.74 Å². The maximum Gasteiger partial charge on any atom is 0.262 e. The monoisotopic (exact) mass is 360 g/mol. The van der Waals surface area contributed by atoms with Crippen molar-refractivity contribution in [3.05, 3.63) is 49.6 Å². The molecule has 1 aromatic carbocycles. The highest BCUT2D eigenvalue weighted by molar-refractivity contribution is 7.12. The van der Waals surface area contributed by atoms with E-state index in [1.165, 1.54) is 11.3 Å². The molecule has 3 nitrogen and oxygen atoms in total. The van der Waals surface area contributed by atoms with Crippen molar-refractivity contribution in [2.75, 3.05) is 0 Å². The fraction of sp³-hybridized carbons (Fsp3) is 0.143. The van der Waals surface area contributed by atoms with Gasteiger partial charge in [-0.3, -0.25) is 9.59 Å². The smallest absolute Gasteiger partial charge is 0.262 e. The number of ether oxygens (including phenoxy) is 1. The lowest BCUT2D eigenvalue weighted by molar-refractivity contribution is -0.117. The fourth-order valence-corrected chi connectivity index (χ4v) is 3.45. The van der Waals surface area contributed by atoms with E-state index in [9.17, 15) is 9.59 Å². The van der Waals surface area contributed by atoms with Crippen molar-refractivity contribution < 1.29 is 14.3 Å². The van der Waals surface area contributed by atoms with E-state index in [0.29, 0.717) is 21.8 Å². The molecule has 0 radical (unpaired) electrons. The molecule has 0 aliphatic carbocycles. The van der Waals surface area contributed by atoms with Crippen LogP contribution < -0.4 is 4.74 Å². The lowest BCUT2D eigenvalue weighted by Gasteiger charge is -2.09. The Labute approximate surface area is 139 Å². The van der Waals surface area contributed by atoms with Crippen molar-refractivity contribution in [2.45, 2.75) is 12.5 Å². The summed E-state index contributed by atoms with van der Waals surface area (Å²) in [6, 6.07) is 5.11. The highest BCUT2D eigenvalue weighted by Crippen LogP contribution is 2.43. The molecule has 2 heterocycles. The van der Waals surface area contributed by atoms with Gasteiger partial charge in [-0.05, 0) is 29.1 Å². The number of fused-ring (bicyclic) bond motifs is 1. The van der Waals surface area contributed by atoms with Crippen LogP contribution >= 0.6 is 46.1 Å². The summed E-state index contributed by atoms with van der Waals surface area (Å²) < 4.78 is 5.40. The van der Waals surface area contributed by atoms with E-state index >= 15 is 0 Å². The third kappa shape index (κ3) is 2.57. The number of halogens is 3. The minimum Gasteiger partial charge on any atom is -0.479 e. The van der Waals surface area contributed by atoms with Crippen LogP contribution in [0.5, 0.6) is 5.75 Å². The molecular weight excluding hydrogens is 355 g/mol. The van der Waals surface area contributed by atoms with Crippen molar-refractivity contribution in [3.63, 3.8) is 0 Å². The van der Waals surface area contributed by atoms with Crippen LogP contribution in [-0.4, -0.2) is 17.1 Å². The van der Waals surface area contributed by atoms with Crippen molar-refractivity contribution in [1.82, 2.24) is 0 Å². The van der Waals surface area contributed by atoms with Crippen molar-refractivity contribution in [1.29, 1.82) is 0 Å². The third-order valence-electron chi connectivity index (χ3n) is 3.15. The maximum atomic E-state index is 12.4. The molecule has 0 fully saturated rings. The second-order valence-corrected chi connectivity index (χ2v) is 6.54. The largest absolute Gasteiger partial charge is 0.479 e. The van der Waals surface area contributed by atoms with E-state index in [-0.39, 0.29) is 22.2 Å². The fourth-order valence-electron chi connectivity index (χ4n) is 2.16. The second kappa shape index (κ2) is 5.61. The van der Waals surface area contributed by atoms with Gasteiger partial charge in [0.1, 0.15) is 10.8 Å². The van der Waals surface area contributed by atoms with Gasteiger partial charge in [-0.2, -0.15) is 0 Å². The first kappa shape index (κ1) is 14.9. The Kier molecular flexibility index (Phi) is 3.97. The molecule has 0 saturated carbocycles. The Morgan fingerprint density at radius 3 is 2.67 bits per heavy atom. The van der Waals surface area contributed by atoms with Gasteiger partial charge in [0.05, 0.1) is 9.90 Å². The van der Waals surface area contributed by atoms with Crippen molar-refractivity contribution in [3.8, 4) is 5.75 Å². The first-order valence-corrected chi connectivity index (χ1v) is 7.95. The predicted molar refractivity (Wildman–Crippen MR) is 83.2 cm³/mol. The summed E-state index contributed by atoms with van der Waals surface area (Å²) in [5.41, 5.74) is 0.956. The van der Waals surface area contributed by atoms with Crippen LogP contribution in [0.3, 0.4) is 0 Å². The predicted octanol–water partition coefficient (Wildman–Crippen LogP) is 4.35. The van der Waals surface area contributed by atoms with E-state index < -0.39 is 11.3 Å². The maximum absolute atomic E-state index is 12.4. The third-order valence-corrected chi connectivity index (χ3v) is 5.11. The highest BCUT2D eigenvalue weighted by Gasteiger charge is 2.33. The Bertz CT molecular complexity index is 740. The molecule has 7 heteroatoms. The van der Waals surface area contributed by atoms with Crippen LogP contribution in [0, 0.1) is 0 Å².